The number of nitrogens with zero attached hydrogens (tertiary/aromatic N) is 2. The van der Waals surface area contributed by atoms with Crippen LogP contribution < -0.4 is 0 Å². The average molecular weight is 309 g/mol. The Hall–Kier alpha value is -0.0800. The van der Waals surface area contributed by atoms with Gasteiger partial charge in [0.25, 0.3) is 0 Å². The summed E-state index contributed by atoms with van der Waals surface area (Å²) >= 11 is 0. The minimum atomic E-state index is 0.463. The molecule has 0 aliphatic carbocycles. The van der Waals surface area contributed by atoms with Gasteiger partial charge in [0, 0.05) is 25.2 Å². The van der Waals surface area contributed by atoms with E-state index >= 15 is 0 Å². The third-order valence-corrected chi connectivity index (χ3v) is 6.46. The fraction of sp³-hybridized carbons (Fsp3) is 1.00. The van der Waals surface area contributed by atoms with Crippen molar-refractivity contribution < 1.29 is 0 Å². The molecule has 0 saturated carbocycles. The van der Waals surface area contributed by atoms with Crippen LogP contribution in [0.5, 0.6) is 0 Å². The van der Waals surface area contributed by atoms with Crippen LogP contribution in [0, 0.1) is 22.7 Å². The highest BCUT2D eigenvalue weighted by Gasteiger charge is 2.39. The lowest BCUT2D eigenvalue weighted by atomic mass is 9.73. The van der Waals surface area contributed by atoms with E-state index in [2.05, 4.69) is 65.4 Å². The van der Waals surface area contributed by atoms with Crippen molar-refractivity contribution in [1.82, 2.24) is 10.0 Å². The molecular weight excluding hydrogens is 268 g/mol. The summed E-state index contributed by atoms with van der Waals surface area (Å²) in [6.45, 7) is 21.9. The Morgan fingerprint density at radius 1 is 0.636 bits per heavy atom. The maximum atomic E-state index is 2.71. The van der Waals surface area contributed by atoms with Gasteiger partial charge in [-0.05, 0) is 62.2 Å². The number of hydrazine groups is 1. The summed E-state index contributed by atoms with van der Waals surface area (Å²) in [4.78, 5) is 0. The number of rotatable bonds is 1. The van der Waals surface area contributed by atoms with Crippen LogP contribution in [0.1, 0.15) is 81.1 Å². The monoisotopic (exact) mass is 308 g/mol. The molecule has 0 aromatic rings. The Balaban J connectivity index is 1.96. The second-order valence-corrected chi connectivity index (χ2v) is 10.2. The topological polar surface area (TPSA) is 6.48 Å². The first-order valence-electron chi connectivity index (χ1n) is 9.53. The zero-order valence-corrected chi connectivity index (χ0v) is 16.4. The second-order valence-electron chi connectivity index (χ2n) is 10.2. The molecule has 0 spiro atoms. The number of hydrogen-bond acceptors (Lipinski definition) is 2. The van der Waals surface area contributed by atoms with Crippen LogP contribution in [-0.4, -0.2) is 35.2 Å². The van der Waals surface area contributed by atoms with Gasteiger partial charge in [0.1, 0.15) is 0 Å². The van der Waals surface area contributed by atoms with Crippen LogP contribution in [0.15, 0.2) is 0 Å². The lowest BCUT2D eigenvalue weighted by molar-refractivity contribution is -0.139. The number of hydrogen-bond donors (Lipinski definition) is 0. The van der Waals surface area contributed by atoms with Crippen molar-refractivity contribution in [2.24, 2.45) is 22.7 Å². The van der Waals surface area contributed by atoms with E-state index in [4.69, 9.17) is 0 Å². The molecule has 2 rings (SSSR count). The van der Waals surface area contributed by atoms with Crippen molar-refractivity contribution in [3.8, 4) is 0 Å². The van der Waals surface area contributed by atoms with Crippen molar-refractivity contribution in [1.29, 1.82) is 0 Å². The maximum Gasteiger partial charge on any atom is 0.0220 e. The highest BCUT2D eigenvalue weighted by atomic mass is 15.6. The molecule has 0 bridgehead atoms. The molecule has 2 fully saturated rings. The van der Waals surface area contributed by atoms with Gasteiger partial charge in [-0.2, -0.15) is 0 Å². The Morgan fingerprint density at radius 2 is 0.955 bits per heavy atom. The number of piperidine rings is 2. The molecule has 22 heavy (non-hydrogen) atoms. The standard InChI is InChI=1S/C20H40N2/c1-15-13-17(19(3,4)5)9-11-21(15)22-12-10-18(14-16(22)2)20(6,7)8/h15-18H,9-14H2,1-8H3/t15-,16-,17-,18-/m0/s1. The Kier molecular flexibility index (Phi) is 5.34. The van der Waals surface area contributed by atoms with E-state index in [1.54, 1.807) is 0 Å². The lowest BCUT2D eigenvalue weighted by Crippen LogP contribution is -2.58. The minimum Gasteiger partial charge on any atom is -0.239 e. The van der Waals surface area contributed by atoms with Crippen molar-refractivity contribution in [2.45, 2.75) is 93.2 Å². The largest absolute Gasteiger partial charge is 0.239 e. The summed E-state index contributed by atoms with van der Waals surface area (Å²) in [5, 5.41) is 5.43. The molecule has 4 atom stereocenters. The molecule has 0 aromatic heterocycles. The first kappa shape index (κ1) is 18.3. The van der Waals surface area contributed by atoms with Crippen LogP contribution in [0.3, 0.4) is 0 Å². The summed E-state index contributed by atoms with van der Waals surface area (Å²) in [5.41, 5.74) is 0.927. The lowest BCUT2D eigenvalue weighted by Gasteiger charge is -2.52. The summed E-state index contributed by atoms with van der Waals surface area (Å²) in [7, 11) is 0. The fourth-order valence-electron chi connectivity index (χ4n) is 4.66. The normalized spacial score (nSPS) is 36.5. The Labute approximate surface area is 139 Å². The van der Waals surface area contributed by atoms with Gasteiger partial charge in [-0.1, -0.05) is 41.5 Å². The van der Waals surface area contributed by atoms with Crippen LogP contribution in [-0.2, 0) is 0 Å². The predicted molar refractivity (Wildman–Crippen MR) is 96.7 cm³/mol. The van der Waals surface area contributed by atoms with E-state index in [9.17, 15) is 0 Å². The molecule has 2 aliphatic heterocycles. The van der Waals surface area contributed by atoms with Gasteiger partial charge in [0.05, 0.1) is 0 Å². The molecule has 0 unspecified atom stereocenters. The van der Waals surface area contributed by atoms with E-state index in [-0.39, 0.29) is 0 Å². The molecular formula is C20H40N2. The molecule has 2 heterocycles. The third-order valence-electron chi connectivity index (χ3n) is 6.46. The molecule has 2 nitrogen and oxygen atoms in total. The second kappa shape index (κ2) is 6.43. The highest BCUT2D eigenvalue weighted by molar-refractivity contribution is 4.89. The summed E-state index contributed by atoms with van der Waals surface area (Å²) in [5.74, 6) is 1.75. The summed E-state index contributed by atoms with van der Waals surface area (Å²) in [6.07, 6.45) is 5.43. The van der Waals surface area contributed by atoms with Crippen LogP contribution in [0.4, 0.5) is 0 Å². The van der Waals surface area contributed by atoms with Gasteiger partial charge < -0.3 is 0 Å². The molecule has 0 amide bonds. The van der Waals surface area contributed by atoms with Gasteiger partial charge in [-0.25, -0.2) is 10.0 Å². The summed E-state index contributed by atoms with van der Waals surface area (Å²) < 4.78 is 0. The van der Waals surface area contributed by atoms with Gasteiger partial charge in [-0.3, -0.25) is 0 Å². The first-order chi connectivity index (χ1) is 10.00. The molecule has 2 saturated heterocycles. The van der Waals surface area contributed by atoms with E-state index in [1.807, 2.05) is 0 Å². The van der Waals surface area contributed by atoms with E-state index in [0.29, 0.717) is 22.9 Å². The van der Waals surface area contributed by atoms with E-state index in [1.165, 1.54) is 38.8 Å². The smallest absolute Gasteiger partial charge is 0.0220 e. The minimum absolute atomic E-state index is 0.463. The van der Waals surface area contributed by atoms with Gasteiger partial charge >= 0.3 is 0 Å². The predicted octanol–water partition coefficient (Wildman–Crippen LogP) is 5.19. The highest BCUT2D eigenvalue weighted by Crippen LogP contribution is 2.40. The zero-order chi connectivity index (χ0) is 16.7. The van der Waals surface area contributed by atoms with Crippen LogP contribution in [0.2, 0.25) is 0 Å². The third kappa shape index (κ3) is 4.06. The molecule has 0 N–H and O–H groups in total. The summed E-state index contributed by atoms with van der Waals surface area (Å²) in [6, 6.07) is 1.40. The van der Waals surface area contributed by atoms with Crippen molar-refractivity contribution in [3.05, 3.63) is 0 Å². The van der Waals surface area contributed by atoms with Gasteiger partial charge in [0.2, 0.25) is 0 Å². The van der Waals surface area contributed by atoms with E-state index < -0.39 is 0 Å². The molecule has 130 valence electrons. The Bertz CT molecular complexity index is 327. The first-order valence-corrected chi connectivity index (χ1v) is 9.53. The van der Waals surface area contributed by atoms with Crippen molar-refractivity contribution >= 4 is 0 Å². The van der Waals surface area contributed by atoms with Gasteiger partial charge in [0.15, 0.2) is 0 Å². The molecule has 2 aliphatic rings. The quantitative estimate of drug-likeness (QED) is 0.657. The molecule has 0 aromatic carbocycles. The SMILES string of the molecule is C[C@H]1C[C@@H](C(C)(C)C)CCN1N1CC[C@H](C(C)(C)C)C[C@@H]1C. The van der Waals surface area contributed by atoms with Crippen molar-refractivity contribution in [3.63, 3.8) is 0 Å². The van der Waals surface area contributed by atoms with Crippen LogP contribution in [0.25, 0.3) is 0 Å². The zero-order valence-electron chi connectivity index (χ0n) is 16.4. The average Bonchev–Trinajstić information content (AvgIpc) is 2.37. The molecule has 0 radical (unpaired) electrons. The maximum absolute atomic E-state index is 2.71. The molecule has 2 heteroatoms. The Morgan fingerprint density at radius 3 is 1.18 bits per heavy atom. The van der Waals surface area contributed by atoms with Crippen LogP contribution >= 0.6 is 0 Å². The fourth-order valence-corrected chi connectivity index (χ4v) is 4.66. The van der Waals surface area contributed by atoms with Crippen molar-refractivity contribution in [2.75, 3.05) is 13.1 Å². The van der Waals surface area contributed by atoms with E-state index in [0.717, 1.165) is 11.8 Å². The van der Waals surface area contributed by atoms with Gasteiger partial charge in [-0.15, -0.1) is 0 Å².